The van der Waals surface area contributed by atoms with Gasteiger partial charge in [0, 0.05) is 75.5 Å². The van der Waals surface area contributed by atoms with E-state index in [4.69, 9.17) is 0 Å². The van der Waals surface area contributed by atoms with Crippen LogP contribution in [0.15, 0.2) is 48.8 Å². The minimum atomic E-state index is 0. The van der Waals surface area contributed by atoms with Gasteiger partial charge in [-0.25, -0.2) is 0 Å². The van der Waals surface area contributed by atoms with Crippen LogP contribution < -0.4 is 10.2 Å². The third kappa shape index (κ3) is 5.89. The number of nitrogens with zero attached hydrogens (tertiary/aromatic N) is 4. The van der Waals surface area contributed by atoms with E-state index in [1.807, 2.05) is 35.4 Å². The van der Waals surface area contributed by atoms with Gasteiger partial charge in [0.05, 0.1) is 6.04 Å². The van der Waals surface area contributed by atoms with Crippen molar-refractivity contribution in [2.75, 3.05) is 50.7 Å². The molecule has 2 saturated heterocycles. The van der Waals surface area contributed by atoms with E-state index in [1.165, 1.54) is 5.69 Å². The zero-order valence-corrected chi connectivity index (χ0v) is 19.9. The number of anilines is 1. The van der Waals surface area contributed by atoms with Crippen LogP contribution in [0.25, 0.3) is 0 Å². The second-order valence-electron chi connectivity index (χ2n) is 8.17. The fourth-order valence-electron chi connectivity index (χ4n) is 4.30. The van der Waals surface area contributed by atoms with E-state index in [9.17, 15) is 4.79 Å². The molecule has 4 rings (SSSR count). The van der Waals surface area contributed by atoms with E-state index in [0.717, 1.165) is 50.4 Å². The highest BCUT2D eigenvalue weighted by Gasteiger charge is 2.29. The van der Waals surface area contributed by atoms with Gasteiger partial charge in [-0.15, -0.1) is 24.8 Å². The summed E-state index contributed by atoms with van der Waals surface area (Å²) in [6.07, 6.45) is 3.63. The molecule has 1 unspecified atom stereocenters. The SMILES string of the molecule is CC(C)N1CCN(c2ccc(C(=O)N3CCNCC3c3cccnc3)cc2)CC1.Cl.Cl. The number of amides is 1. The molecule has 8 heteroatoms. The predicted molar refractivity (Wildman–Crippen MR) is 131 cm³/mol. The molecule has 0 bridgehead atoms. The number of piperazine rings is 2. The molecule has 1 aromatic carbocycles. The highest BCUT2D eigenvalue weighted by atomic mass is 35.5. The molecular formula is C23H33Cl2N5O. The summed E-state index contributed by atoms with van der Waals surface area (Å²) in [7, 11) is 0. The maximum absolute atomic E-state index is 13.2. The summed E-state index contributed by atoms with van der Waals surface area (Å²) < 4.78 is 0. The summed E-state index contributed by atoms with van der Waals surface area (Å²) in [6, 6.07) is 12.8. The Morgan fingerprint density at radius 3 is 2.35 bits per heavy atom. The number of halogens is 2. The first-order chi connectivity index (χ1) is 14.1. The minimum Gasteiger partial charge on any atom is -0.369 e. The number of benzene rings is 1. The first-order valence-electron chi connectivity index (χ1n) is 10.6. The molecule has 2 aliphatic heterocycles. The molecule has 31 heavy (non-hydrogen) atoms. The van der Waals surface area contributed by atoms with Crippen LogP contribution in [0.3, 0.4) is 0 Å². The molecule has 3 heterocycles. The molecule has 1 N–H and O–H groups in total. The molecule has 1 aromatic heterocycles. The minimum absolute atomic E-state index is 0. The molecule has 0 spiro atoms. The quantitative estimate of drug-likeness (QED) is 0.750. The van der Waals surface area contributed by atoms with E-state index in [2.05, 4.69) is 46.1 Å². The van der Waals surface area contributed by atoms with E-state index >= 15 is 0 Å². The zero-order chi connectivity index (χ0) is 20.2. The maximum atomic E-state index is 13.2. The number of hydrogen-bond donors (Lipinski definition) is 1. The second-order valence-corrected chi connectivity index (χ2v) is 8.17. The van der Waals surface area contributed by atoms with Crippen molar-refractivity contribution in [3.8, 4) is 0 Å². The van der Waals surface area contributed by atoms with Gasteiger partial charge in [-0.3, -0.25) is 14.7 Å². The maximum Gasteiger partial charge on any atom is 0.254 e. The predicted octanol–water partition coefficient (Wildman–Crippen LogP) is 3.24. The van der Waals surface area contributed by atoms with Crippen LogP contribution in [-0.4, -0.2) is 72.5 Å². The Bertz CT molecular complexity index is 810. The lowest BCUT2D eigenvalue weighted by molar-refractivity contribution is 0.0634. The Morgan fingerprint density at radius 2 is 1.74 bits per heavy atom. The molecule has 1 atom stereocenters. The zero-order valence-electron chi connectivity index (χ0n) is 18.2. The highest BCUT2D eigenvalue weighted by Crippen LogP contribution is 2.25. The number of carbonyl (C=O) groups excluding carboxylic acids is 1. The van der Waals surface area contributed by atoms with Crippen molar-refractivity contribution in [2.45, 2.75) is 25.9 Å². The number of hydrogen-bond acceptors (Lipinski definition) is 5. The molecule has 170 valence electrons. The number of pyridine rings is 1. The van der Waals surface area contributed by atoms with Crippen molar-refractivity contribution >= 4 is 36.4 Å². The second kappa shape index (κ2) is 11.7. The first-order valence-corrected chi connectivity index (χ1v) is 10.6. The van der Waals surface area contributed by atoms with Crippen LogP contribution in [0.4, 0.5) is 5.69 Å². The molecule has 2 fully saturated rings. The van der Waals surface area contributed by atoms with Crippen molar-refractivity contribution in [1.82, 2.24) is 20.1 Å². The Morgan fingerprint density at radius 1 is 1.03 bits per heavy atom. The van der Waals surface area contributed by atoms with Crippen molar-refractivity contribution in [3.05, 3.63) is 59.9 Å². The molecule has 1 amide bonds. The number of aromatic nitrogens is 1. The van der Waals surface area contributed by atoms with E-state index in [1.54, 1.807) is 6.20 Å². The summed E-state index contributed by atoms with van der Waals surface area (Å²) in [5, 5.41) is 3.40. The Labute approximate surface area is 197 Å². The largest absolute Gasteiger partial charge is 0.369 e. The molecular weight excluding hydrogens is 433 g/mol. The first kappa shape index (κ1) is 25.4. The summed E-state index contributed by atoms with van der Waals surface area (Å²) in [6.45, 7) is 11.0. The number of nitrogens with one attached hydrogen (secondary N) is 1. The van der Waals surface area contributed by atoms with E-state index in [0.29, 0.717) is 12.6 Å². The fraction of sp³-hybridized carbons (Fsp3) is 0.478. The Hall–Kier alpha value is -1.86. The average Bonchev–Trinajstić information content (AvgIpc) is 2.79. The molecule has 0 radical (unpaired) electrons. The number of carbonyl (C=O) groups is 1. The van der Waals surface area contributed by atoms with Crippen molar-refractivity contribution in [2.24, 2.45) is 0 Å². The molecule has 2 aromatic rings. The molecule has 0 aliphatic carbocycles. The lowest BCUT2D eigenvalue weighted by Crippen LogP contribution is -2.49. The Balaban J connectivity index is 0.00000171. The van der Waals surface area contributed by atoms with Gasteiger partial charge in [0.25, 0.3) is 5.91 Å². The van der Waals surface area contributed by atoms with Crippen LogP contribution >= 0.6 is 24.8 Å². The van der Waals surface area contributed by atoms with Gasteiger partial charge in [0.15, 0.2) is 0 Å². The highest BCUT2D eigenvalue weighted by molar-refractivity contribution is 5.95. The van der Waals surface area contributed by atoms with Crippen LogP contribution in [0.5, 0.6) is 0 Å². The van der Waals surface area contributed by atoms with Gasteiger partial charge in [-0.05, 0) is 49.7 Å². The molecule has 6 nitrogen and oxygen atoms in total. The van der Waals surface area contributed by atoms with Gasteiger partial charge in [0.2, 0.25) is 0 Å². The van der Waals surface area contributed by atoms with Crippen LogP contribution in [0.1, 0.15) is 35.8 Å². The van der Waals surface area contributed by atoms with Crippen LogP contribution in [0.2, 0.25) is 0 Å². The van der Waals surface area contributed by atoms with Crippen molar-refractivity contribution in [3.63, 3.8) is 0 Å². The van der Waals surface area contributed by atoms with Crippen molar-refractivity contribution < 1.29 is 4.79 Å². The van der Waals surface area contributed by atoms with Gasteiger partial charge in [-0.1, -0.05) is 6.07 Å². The third-order valence-corrected chi connectivity index (χ3v) is 6.10. The van der Waals surface area contributed by atoms with Crippen molar-refractivity contribution in [1.29, 1.82) is 0 Å². The third-order valence-electron chi connectivity index (χ3n) is 6.10. The van der Waals surface area contributed by atoms with Gasteiger partial charge >= 0.3 is 0 Å². The topological polar surface area (TPSA) is 51.7 Å². The van der Waals surface area contributed by atoms with Gasteiger partial charge in [0.1, 0.15) is 0 Å². The van der Waals surface area contributed by atoms with E-state index < -0.39 is 0 Å². The van der Waals surface area contributed by atoms with Gasteiger partial charge < -0.3 is 15.1 Å². The summed E-state index contributed by atoms with van der Waals surface area (Å²) >= 11 is 0. The average molecular weight is 466 g/mol. The summed E-state index contributed by atoms with van der Waals surface area (Å²) in [5.74, 6) is 0.0940. The van der Waals surface area contributed by atoms with Crippen LogP contribution in [0, 0.1) is 0 Å². The smallest absolute Gasteiger partial charge is 0.254 e. The molecule has 0 saturated carbocycles. The summed E-state index contributed by atoms with van der Waals surface area (Å²) in [5.41, 5.74) is 3.03. The normalized spacial score (nSPS) is 19.5. The van der Waals surface area contributed by atoms with E-state index in [-0.39, 0.29) is 36.8 Å². The lowest BCUT2D eigenvalue weighted by atomic mass is 10.0. The standard InChI is InChI=1S/C23H31N5O.2ClH/c1-18(2)26-12-14-27(15-13-26)21-7-5-19(6-8-21)23(29)28-11-10-25-17-22(28)20-4-3-9-24-16-20;;/h3-9,16,18,22,25H,10-15,17H2,1-2H3;2*1H. The van der Waals surface area contributed by atoms with Gasteiger partial charge in [-0.2, -0.15) is 0 Å². The lowest BCUT2D eigenvalue weighted by Gasteiger charge is -2.38. The molecule has 2 aliphatic rings. The fourth-order valence-corrected chi connectivity index (χ4v) is 4.30. The Kier molecular flexibility index (Phi) is 9.56. The summed E-state index contributed by atoms with van der Waals surface area (Å²) in [4.78, 5) is 24.4. The monoisotopic (exact) mass is 465 g/mol. The van der Waals surface area contributed by atoms with Crippen LogP contribution in [-0.2, 0) is 0 Å². The number of rotatable bonds is 4.